The number of carbonyl (C=O) groups is 1. The molecule has 124 valence electrons. The number of esters is 1. The van der Waals surface area contributed by atoms with Gasteiger partial charge in [-0.3, -0.25) is 4.79 Å². The van der Waals surface area contributed by atoms with Crippen LogP contribution in [0.25, 0.3) is 0 Å². The summed E-state index contributed by atoms with van der Waals surface area (Å²) in [7, 11) is 0. The number of nitrogens with one attached hydrogen (secondary N) is 1. The summed E-state index contributed by atoms with van der Waals surface area (Å²) in [5, 5.41) is 3.37. The largest absolute Gasteiger partial charge is 0.465 e. The summed E-state index contributed by atoms with van der Waals surface area (Å²) in [4.78, 5) is 12.3. The van der Waals surface area contributed by atoms with Gasteiger partial charge in [0.25, 0.3) is 0 Å². The number of rotatable bonds is 9. The summed E-state index contributed by atoms with van der Waals surface area (Å²) < 4.78 is 11.3. The molecule has 4 heteroatoms. The van der Waals surface area contributed by atoms with Crippen LogP contribution in [0.2, 0.25) is 0 Å². The molecule has 0 amide bonds. The lowest BCUT2D eigenvalue weighted by Gasteiger charge is -2.39. The fraction of sp³-hybridized carbons (Fsp3) is 0.941. The van der Waals surface area contributed by atoms with Gasteiger partial charge in [0.2, 0.25) is 0 Å². The highest BCUT2D eigenvalue weighted by Crippen LogP contribution is 2.31. The van der Waals surface area contributed by atoms with Crippen LogP contribution in [0.4, 0.5) is 0 Å². The zero-order chi connectivity index (χ0) is 15.7. The van der Waals surface area contributed by atoms with Gasteiger partial charge in [0.15, 0.2) is 0 Å². The molecular formula is C17H33NO3. The molecule has 0 saturated heterocycles. The van der Waals surface area contributed by atoms with E-state index in [-0.39, 0.29) is 12.1 Å². The third kappa shape index (κ3) is 5.95. The Labute approximate surface area is 130 Å². The molecule has 1 saturated carbocycles. The summed E-state index contributed by atoms with van der Waals surface area (Å²) in [6, 6.07) is 0. The number of likely N-dealkylation sites (N-methyl/N-ethyl adjacent to an activating group) is 1. The molecule has 1 rings (SSSR count). The van der Waals surface area contributed by atoms with Crippen molar-refractivity contribution in [2.24, 2.45) is 5.92 Å². The highest BCUT2D eigenvalue weighted by Gasteiger charge is 2.43. The Hall–Kier alpha value is -0.610. The zero-order valence-electron chi connectivity index (χ0n) is 14.2. The molecule has 0 spiro atoms. The van der Waals surface area contributed by atoms with E-state index in [2.05, 4.69) is 19.2 Å². The van der Waals surface area contributed by atoms with Crippen LogP contribution >= 0.6 is 0 Å². The molecule has 2 unspecified atom stereocenters. The van der Waals surface area contributed by atoms with Crippen molar-refractivity contribution in [2.75, 3.05) is 19.8 Å². The van der Waals surface area contributed by atoms with Crippen LogP contribution in [-0.2, 0) is 14.3 Å². The summed E-state index contributed by atoms with van der Waals surface area (Å²) in [6.07, 6.45) is 6.13. The Morgan fingerprint density at radius 3 is 2.76 bits per heavy atom. The fourth-order valence-electron chi connectivity index (χ4n) is 3.13. The van der Waals surface area contributed by atoms with Gasteiger partial charge in [0, 0.05) is 13.0 Å². The zero-order valence-corrected chi connectivity index (χ0v) is 14.2. The van der Waals surface area contributed by atoms with Crippen molar-refractivity contribution in [3.63, 3.8) is 0 Å². The molecule has 21 heavy (non-hydrogen) atoms. The lowest BCUT2D eigenvalue weighted by Crippen LogP contribution is -2.56. The summed E-state index contributed by atoms with van der Waals surface area (Å²) in [5.41, 5.74) is -0.536. The minimum Gasteiger partial charge on any atom is -0.465 e. The van der Waals surface area contributed by atoms with Gasteiger partial charge in [0.05, 0.1) is 12.7 Å². The lowest BCUT2D eigenvalue weighted by atomic mass is 9.80. The molecule has 2 atom stereocenters. The molecular weight excluding hydrogens is 266 g/mol. The van der Waals surface area contributed by atoms with Crippen LogP contribution in [0.3, 0.4) is 0 Å². The van der Waals surface area contributed by atoms with E-state index in [1.165, 1.54) is 6.42 Å². The van der Waals surface area contributed by atoms with E-state index in [0.717, 1.165) is 51.2 Å². The molecule has 1 N–H and O–H groups in total. The Morgan fingerprint density at radius 1 is 1.38 bits per heavy atom. The highest BCUT2D eigenvalue weighted by molar-refractivity contribution is 5.81. The maximum absolute atomic E-state index is 12.3. The fourth-order valence-corrected chi connectivity index (χ4v) is 3.13. The number of hydrogen-bond acceptors (Lipinski definition) is 4. The first-order valence-electron chi connectivity index (χ1n) is 8.58. The van der Waals surface area contributed by atoms with E-state index >= 15 is 0 Å². The number of hydrogen-bond donors (Lipinski definition) is 1. The van der Waals surface area contributed by atoms with Gasteiger partial charge in [0.1, 0.15) is 5.54 Å². The van der Waals surface area contributed by atoms with Crippen molar-refractivity contribution >= 4 is 5.97 Å². The van der Waals surface area contributed by atoms with Gasteiger partial charge in [-0.2, -0.15) is 0 Å². The van der Waals surface area contributed by atoms with Crippen molar-refractivity contribution in [1.29, 1.82) is 0 Å². The van der Waals surface area contributed by atoms with Crippen molar-refractivity contribution in [3.05, 3.63) is 0 Å². The Morgan fingerprint density at radius 2 is 2.14 bits per heavy atom. The predicted molar refractivity (Wildman–Crippen MR) is 85.3 cm³/mol. The van der Waals surface area contributed by atoms with E-state index in [0.29, 0.717) is 6.61 Å². The third-order valence-electron chi connectivity index (χ3n) is 4.17. The van der Waals surface area contributed by atoms with Crippen LogP contribution in [-0.4, -0.2) is 37.4 Å². The maximum Gasteiger partial charge on any atom is 0.326 e. The second-order valence-corrected chi connectivity index (χ2v) is 6.46. The summed E-state index contributed by atoms with van der Waals surface area (Å²) in [6.45, 7) is 10.4. The molecule has 1 aliphatic carbocycles. The predicted octanol–water partition coefficient (Wildman–Crippen LogP) is 3.29. The van der Waals surface area contributed by atoms with Gasteiger partial charge in [-0.25, -0.2) is 0 Å². The van der Waals surface area contributed by atoms with Crippen molar-refractivity contribution in [3.8, 4) is 0 Å². The van der Waals surface area contributed by atoms with Gasteiger partial charge in [-0.05, 0) is 51.5 Å². The standard InChI is InChI=1S/C17H33NO3/c1-5-18-17(16(19)20-6-2)11-7-10-15(13-17)21-12-8-9-14(3)4/h14-15,18H,5-13H2,1-4H3. The van der Waals surface area contributed by atoms with Crippen LogP contribution in [0.5, 0.6) is 0 Å². The Kier molecular flexibility index (Phi) is 8.27. The van der Waals surface area contributed by atoms with Crippen LogP contribution in [0, 0.1) is 5.92 Å². The third-order valence-corrected chi connectivity index (χ3v) is 4.17. The van der Waals surface area contributed by atoms with Gasteiger partial charge in [-0.15, -0.1) is 0 Å². The average molecular weight is 299 g/mol. The monoisotopic (exact) mass is 299 g/mol. The Bertz CT molecular complexity index is 302. The molecule has 0 aromatic carbocycles. The number of ether oxygens (including phenoxy) is 2. The molecule has 0 heterocycles. The lowest BCUT2D eigenvalue weighted by molar-refractivity contribution is -0.155. The molecule has 1 fully saturated rings. The van der Waals surface area contributed by atoms with E-state index < -0.39 is 5.54 Å². The normalized spacial score (nSPS) is 26.0. The molecule has 4 nitrogen and oxygen atoms in total. The molecule has 0 radical (unpaired) electrons. The minimum atomic E-state index is -0.536. The highest BCUT2D eigenvalue weighted by atomic mass is 16.5. The van der Waals surface area contributed by atoms with E-state index in [1.54, 1.807) is 0 Å². The summed E-state index contributed by atoms with van der Waals surface area (Å²) >= 11 is 0. The number of carbonyl (C=O) groups excluding carboxylic acids is 1. The van der Waals surface area contributed by atoms with Gasteiger partial charge >= 0.3 is 5.97 Å². The molecule has 0 bridgehead atoms. The maximum atomic E-state index is 12.3. The second kappa shape index (κ2) is 9.42. The first-order valence-corrected chi connectivity index (χ1v) is 8.58. The van der Waals surface area contributed by atoms with Crippen molar-refractivity contribution < 1.29 is 14.3 Å². The smallest absolute Gasteiger partial charge is 0.326 e. The molecule has 0 aromatic heterocycles. The summed E-state index contributed by atoms with van der Waals surface area (Å²) in [5.74, 6) is 0.614. The van der Waals surface area contributed by atoms with Crippen molar-refractivity contribution in [1.82, 2.24) is 5.32 Å². The van der Waals surface area contributed by atoms with E-state index in [9.17, 15) is 4.79 Å². The second-order valence-electron chi connectivity index (χ2n) is 6.46. The first-order chi connectivity index (χ1) is 10.0. The van der Waals surface area contributed by atoms with Crippen molar-refractivity contribution in [2.45, 2.75) is 77.9 Å². The Balaban J connectivity index is 2.51. The van der Waals surface area contributed by atoms with Gasteiger partial charge in [-0.1, -0.05) is 20.8 Å². The minimum absolute atomic E-state index is 0.109. The average Bonchev–Trinajstić information content (AvgIpc) is 2.44. The van der Waals surface area contributed by atoms with Gasteiger partial charge < -0.3 is 14.8 Å². The topological polar surface area (TPSA) is 47.6 Å². The molecule has 1 aliphatic rings. The molecule has 0 aliphatic heterocycles. The van der Waals surface area contributed by atoms with E-state index in [4.69, 9.17) is 9.47 Å². The van der Waals surface area contributed by atoms with E-state index in [1.807, 2.05) is 13.8 Å². The van der Waals surface area contributed by atoms with Crippen LogP contribution in [0.15, 0.2) is 0 Å². The quantitative estimate of drug-likeness (QED) is 0.524. The van der Waals surface area contributed by atoms with Crippen LogP contribution < -0.4 is 5.32 Å². The SMILES string of the molecule is CCNC1(C(=O)OCC)CCCC(OCCCC(C)C)C1. The molecule has 0 aromatic rings. The first kappa shape index (κ1) is 18.4. The van der Waals surface area contributed by atoms with Crippen LogP contribution in [0.1, 0.15) is 66.2 Å².